The van der Waals surface area contributed by atoms with Gasteiger partial charge in [-0.3, -0.25) is 0 Å². The normalized spacial score (nSPS) is 20.6. The van der Waals surface area contributed by atoms with Crippen molar-refractivity contribution in [3.05, 3.63) is 0 Å². The Bertz CT molecular complexity index is 193. The molecule has 0 unspecified atom stereocenters. The van der Waals surface area contributed by atoms with E-state index in [0.717, 1.165) is 12.6 Å². The van der Waals surface area contributed by atoms with Gasteiger partial charge in [0.1, 0.15) is 0 Å². The minimum atomic E-state index is 0.250. The van der Waals surface area contributed by atoms with Crippen molar-refractivity contribution in [3.63, 3.8) is 0 Å². The zero-order valence-electron chi connectivity index (χ0n) is 11.7. The van der Waals surface area contributed by atoms with E-state index >= 15 is 0 Å². The van der Waals surface area contributed by atoms with Crippen LogP contribution in [-0.4, -0.2) is 61.7 Å². The van der Waals surface area contributed by atoms with Gasteiger partial charge in [-0.05, 0) is 60.4 Å². The van der Waals surface area contributed by atoms with Crippen LogP contribution in [-0.2, 0) is 0 Å². The molecule has 0 aromatic rings. The van der Waals surface area contributed by atoms with Crippen LogP contribution in [0.4, 0.5) is 0 Å². The maximum Gasteiger partial charge on any atom is 0.0252 e. The van der Waals surface area contributed by atoms with Crippen LogP contribution >= 0.6 is 0 Å². The van der Waals surface area contributed by atoms with Crippen molar-refractivity contribution >= 4 is 0 Å². The fraction of sp³-hybridized carbons (Fsp3) is 1.00. The second-order valence-corrected chi connectivity index (χ2v) is 5.89. The second-order valence-electron chi connectivity index (χ2n) is 5.89. The Morgan fingerprint density at radius 3 is 2.25 bits per heavy atom. The van der Waals surface area contributed by atoms with Gasteiger partial charge in [-0.15, -0.1) is 0 Å². The van der Waals surface area contributed by atoms with Crippen molar-refractivity contribution in [2.45, 2.75) is 45.2 Å². The van der Waals surface area contributed by atoms with Crippen LogP contribution in [0.15, 0.2) is 0 Å². The Morgan fingerprint density at radius 2 is 1.81 bits per heavy atom. The van der Waals surface area contributed by atoms with E-state index in [9.17, 15) is 0 Å². The van der Waals surface area contributed by atoms with E-state index in [4.69, 9.17) is 0 Å². The van der Waals surface area contributed by atoms with Crippen molar-refractivity contribution in [1.82, 2.24) is 15.1 Å². The first-order valence-electron chi connectivity index (χ1n) is 6.58. The second kappa shape index (κ2) is 5.99. The largest absolute Gasteiger partial charge is 0.311 e. The summed E-state index contributed by atoms with van der Waals surface area (Å²) < 4.78 is 0. The van der Waals surface area contributed by atoms with Crippen LogP contribution in [0.5, 0.6) is 0 Å². The average Bonchev–Trinajstić information content (AvgIpc) is 2.17. The summed E-state index contributed by atoms with van der Waals surface area (Å²) in [4.78, 5) is 4.97. The fourth-order valence-corrected chi connectivity index (χ4v) is 2.69. The van der Waals surface area contributed by atoms with Gasteiger partial charge < -0.3 is 15.1 Å². The van der Waals surface area contributed by atoms with E-state index in [-0.39, 0.29) is 5.54 Å². The molecule has 0 aromatic carbocycles. The third kappa shape index (κ3) is 4.40. The maximum absolute atomic E-state index is 3.55. The van der Waals surface area contributed by atoms with Gasteiger partial charge in [0.2, 0.25) is 0 Å². The Labute approximate surface area is 101 Å². The minimum absolute atomic E-state index is 0.250. The lowest BCUT2D eigenvalue weighted by molar-refractivity contribution is 0.120. The van der Waals surface area contributed by atoms with Gasteiger partial charge in [0.05, 0.1) is 0 Å². The van der Waals surface area contributed by atoms with E-state index in [1.54, 1.807) is 0 Å². The Balaban J connectivity index is 2.31. The summed E-state index contributed by atoms with van der Waals surface area (Å²) in [6, 6.07) is 0.790. The molecule has 1 aliphatic rings. The highest BCUT2D eigenvalue weighted by atomic mass is 15.2. The van der Waals surface area contributed by atoms with Gasteiger partial charge in [-0.2, -0.15) is 0 Å². The van der Waals surface area contributed by atoms with Crippen molar-refractivity contribution in [2.75, 3.05) is 40.3 Å². The highest BCUT2D eigenvalue weighted by Gasteiger charge is 2.25. The minimum Gasteiger partial charge on any atom is -0.311 e. The molecule has 0 spiro atoms. The van der Waals surface area contributed by atoms with Gasteiger partial charge in [0.25, 0.3) is 0 Å². The van der Waals surface area contributed by atoms with Crippen molar-refractivity contribution in [1.29, 1.82) is 0 Å². The molecular weight excluding hydrogens is 198 g/mol. The van der Waals surface area contributed by atoms with Gasteiger partial charge in [-0.1, -0.05) is 6.92 Å². The smallest absolute Gasteiger partial charge is 0.0252 e. The zero-order valence-corrected chi connectivity index (χ0v) is 11.7. The molecule has 0 amide bonds. The predicted molar refractivity (Wildman–Crippen MR) is 70.9 cm³/mol. The van der Waals surface area contributed by atoms with Crippen LogP contribution in [0.3, 0.4) is 0 Å². The first-order chi connectivity index (χ1) is 7.44. The number of nitrogens with one attached hydrogen (secondary N) is 1. The van der Waals surface area contributed by atoms with E-state index in [2.05, 4.69) is 50.0 Å². The Kier molecular flexibility index (Phi) is 5.22. The lowest BCUT2D eigenvalue weighted by Gasteiger charge is -2.39. The summed E-state index contributed by atoms with van der Waals surface area (Å²) in [5.41, 5.74) is 0.250. The van der Waals surface area contributed by atoms with E-state index in [1.165, 1.54) is 32.5 Å². The average molecular weight is 227 g/mol. The first kappa shape index (κ1) is 13.9. The van der Waals surface area contributed by atoms with Gasteiger partial charge in [-0.25, -0.2) is 0 Å². The van der Waals surface area contributed by atoms with Crippen LogP contribution in [0.25, 0.3) is 0 Å². The van der Waals surface area contributed by atoms with Crippen LogP contribution in [0, 0.1) is 0 Å². The van der Waals surface area contributed by atoms with Crippen molar-refractivity contribution < 1.29 is 0 Å². The summed E-state index contributed by atoms with van der Waals surface area (Å²) in [7, 11) is 4.39. The number of hydrogen-bond donors (Lipinski definition) is 1. The number of piperidine rings is 1. The predicted octanol–water partition coefficient (Wildman–Crippen LogP) is 1.40. The molecule has 1 N–H and O–H groups in total. The first-order valence-corrected chi connectivity index (χ1v) is 6.58. The van der Waals surface area contributed by atoms with Crippen molar-refractivity contribution in [2.24, 2.45) is 0 Å². The molecule has 0 saturated carbocycles. The number of hydrogen-bond acceptors (Lipinski definition) is 3. The summed E-state index contributed by atoms with van der Waals surface area (Å²) in [5.74, 6) is 0. The molecule has 1 fully saturated rings. The molecule has 0 radical (unpaired) electrons. The van der Waals surface area contributed by atoms with Gasteiger partial charge in [0.15, 0.2) is 0 Å². The maximum atomic E-state index is 3.55. The quantitative estimate of drug-likeness (QED) is 0.766. The van der Waals surface area contributed by atoms with Crippen LogP contribution < -0.4 is 5.32 Å². The molecule has 1 aliphatic heterocycles. The molecule has 96 valence electrons. The molecule has 1 saturated heterocycles. The summed E-state index contributed by atoms with van der Waals surface area (Å²) in [6.45, 7) is 11.5. The van der Waals surface area contributed by atoms with Gasteiger partial charge in [0, 0.05) is 18.1 Å². The highest BCUT2D eigenvalue weighted by Crippen LogP contribution is 2.16. The molecule has 0 aromatic heterocycles. The van der Waals surface area contributed by atoms with E-state index in [1.807, 2.05) is 0 Å². The highest BCUT2D eigenvalue weighted by molar-refractivity contribution is 4.85. The van der Waals surface area contributed by atoms with E-state index < -0.39 is 0 Å². The zero-order chi connectivity index (χ0) is 12.2. The molecule has 1 rings (SSSR count). The SMILES string of the molecule is CCNC(C)(C)CN1CCC(N(C)C)CC1. The third-order valence-corrected chi connectivity index (χ3v) is 3.56. The molecular formula is C13H29N3. The number of nitrogens with zero attached hydrogens (tertiary/aromatic N) is 2. The Morgan fingerprint density at radius 1 is 1.25 bits per heavy atom. The Hall–Kier alpha value is -0.120. The monoisotopic (exact) mass is 227 g/mol. The molecule has 1 heterocycles. The standard InChI is InChI=1S/C13H29N3/c1-6-14-13(2,3)11-16-9-7-12(8-10-16)15(4)5/h12,14H,6-11H2,1-5H3. The van der Waals surface area contributed by atoms with Crippen LogP contribution in [0.1, 0.15) is 33.6 Å². The summed E-state index contributed by atoms with van der Waals surface area (Å²) >= 11 is 0. The summed E-state index contributed by atoms with van der Waals surface area (Å²) in [6.07, 6.45) is 2.63. The molecule has 3 nitrogen and oxygen atoms in total. The lowest BCUT2D eigenvalue weighted by atomic mass is 10.00. The number of likely N-dealkylation sites (tertiary alicyclic amines) is 1. The fourth-order valence-electron chi connectivity index (χ4n) is 2.69. The number of likely N-dealkylation sites (N-methyl/N-ethyl adjacent to an activating group) is 1. The molecule has 0 aliphatic carbocycles. The molecule has 0 bridgehead atoms. The van der Waals surface area contributed by atoms with Gasteiger partial charge >= 0.3 is 0 Å². The third-order valence-electron chi connectivity index (χ3n) is 3.56. The van der Waals surface area contributed by atoms with E-state index in [0.29, 0.717) is 0 Å². The van der Waals surface area contributed by atoms with Crippen LogP contribution in [0.2, 0.25) is 0 Å². The number of rotatable bonds is 5. The van der Waals surface area contributed by atoms with Crippen molar-refractivity contribution in [3.8, 4) is 0 Å². The lowest BCUT2D eigenvalue weighted by Crippen LogP contribution is -2.52. The summed E-state index contributed by atoms with van der Waals surface area (Å²) in [5, 5.41) is 3.55. The topological polar surface area (TPSA) is 18.5 Å². The molecule has 3 heteroatoms. The molecule has 16 heavy (non-hydrogen) atoms. The molecule has 0 atom stereocenters.